The van der Waals surface area contributed by atoms with E-state index in [1.165, 1.54) is 12.1 Å². The molecule has 2 N–H and O–H groups in total. The van der Waals surface area contributed by atoms with Crippen molar-refractivity contribution in [1.82, 2.24) is 10.6 Å². The first-order valence-electron chi connectivity index (χ1n) is 5.88. The highest BCUT2D eigenvalue weighted by Gasteiger charge is 2.10. The lowest BCUT2D eigenvalue weighted by Gasteiger charge is -2.12. The van der Waals surface area contributed by atoms with Gasteiger partial charge in [-0.05, 0) is 31.7 Å². The van der Waals surface area contributed by atoms with Crippen molar-refractivity contribution in [3.63, 3.8) is 0 Å². The number of benzene rings is 1. The first kappa shape index (κ1) is 15.0. The van der Waals surface area contributed by atoms with Gasteiger partial charge in [-0.3, -0.25) is 4.79 Å². The van der Waals surface area contributed by atoms with E-state index in [0.717, 1.165) is 5.56 Å². The maximum atomic E-state index is 13.7. The van der Waals surface area contributed by atoms with Crippen molar-refractivity contribution in [2.75, 3.05) is 20.2 Å². The predicted octanol–water partition coefficient (Wildman–Crippen LogP) is 1.23. The molecule has 1 amide bonds. The van der Waals surface area contributed by atoms with Crippen LogP contribution in [0, 0.1) is 18.2 Å². The fourth-order valence-electron chi connectivity index (χ4n) is 1.41. The molecule has 0 saturated heterocycles. The second-order valence-corrected chi connectivity index (χ2v) is 3.97. The smallest absolute Gasteiger partial charge is 0.258 e. The second kappa shape index (κ2) is 7.39. The van der Waals surface area contributed by atoms with Gasteiger partial charge in [-0.1, -0.05) is 12.0 Å². The number of carbonyl (C=O) groups is 1. The molecule has 0 saturated carbocycles. The van der Waals surface area contributed by atoms with Crippen LogP contribution in [0.1, 0.15) is 18.5 Å². The fraction of sp³-hybridized carbons (Fsp3) is 0.357. The normalized spacial score (nSPS) is 11.5. The van der Waals surface area contributed by atoms with Gasteiger partial charge in [0.2, 0.25) is 0 Å². The maximum absolute atomic E-state index is 13.7. The molecule has 19 heavy (non-hydrogen) atoms. The van der Waals surface area contributed by atoms with Gasteiger partial charge in [0.1, 0.15) is 0 Å². The molecule has 0 heterocycles. The van der Waals surface area contributed by atoms with E-state index in [0.29, 0.717) is 0 Å². The van der Waals surface area contributed by atoms with Crippen molar-refractivity contribution in [1.29, 1.82) is 0 Å². The number of nitrogens with one attached hydrogen (secondary N) is 2. The number of rotatable bonds is 6. The fourth-order valence-corrected chi connectivity index (χ4v) is 1.41. The zero-order valence-corrected chi connectivity index (χ0v) is 11.0. The Hall–Kier alpha value is -2.06. The zero-order chi connectivity index (χ0) is 14.3. The Morgan fingerprint density at radius 2 is 2.32 bits per heavy atom. The van der Waals surface area contributed by atoms with Crippen molar-refractivity contribution >= 4 is 5.91 Å². The van der Waals surface area contributed by atoms with Gasteiger partial charge in [-0.15, -0.1) is 6.42 Å². The molecule has 0 aliphatic heterocycles. The summed E-state index contributed by atoms with van der Waals surface area (Å²) >= 11 is 0. The number of hydrogen-bond acceptors (Lipinski definition) is 3. The molecule has 0 aliphatic carbocycles. The molecule has 1 unspecified atom stereocenters. The summed E-state index contributed by atoms with van der Waals surface area (Å²) in [5.41, 5.74) is 0.809. The van der Waals surface area contributed by atoms with Gasteiger partial charge in [0.05, 0.1) is 6.54 Å². The lowest BCUT2D eigenvalue weighted by Crippen LogP contribution is -2.29. The standard InChI is InChI=1S/C14H17FN2O2/c1-4-7-17-14(18)9-19-13-6-5-11(8-12(13)15)10(2)16-3/h1,5-6,8,10,16H,7,9H2,2-3H3,(H,17,18). The van der Waals surface area contributed by atoms with Crippen molar-refractivity contribution in [2.24, 2.45) is 0 Å². The Labute approximate surface area is 112 Å². The second-order valence-electron chi connectivity index (χ2n) is 3.97. The number of hydrogen-bond donors (Lipinski definition) is 2. The number of ether oxygens (including phenoxy) is 1. The average Bonchev–Trinajstić information content (AvgIpc) is 2.42. The minimum atomic E-state index is -0.496. The molecule has 0 fully saturated rings. The predicted molar refractivity (Wildman–Crippen MR) is 71.2 cm³/mol. The number of amides is 1. The Kier molecular flexibility index (Phi) is 5.83. The number of halogens is 1. The van der Waals surface area contributed by atoms with Crippen molar-refractivity contribution in [3.05, 3.63) is 29.6 Å². The summed E-state index contributed by atoms with van der Waals surface area (Å²) in [6, 6.07) is 4.68. The largest absolute Gasteiger partial charge is 0.481 e. The molecular formula is C14H17FN2O2. The zero-order valence-electron chi connectivity index (χ0n) is 11.0. The molecule has 5 heteroatoms. The van der Waals surface area contributed by atoms with E-state index in [1.807, 2.05) is 6.92 Å². The van der Waals surface area contributed by atoms with Crippen molar-refractivity contribution < 1.29 is 13.9 Å². The van der Waals surface area contributed by atoms with Crippen LogP contribution in [-0.2, 0) is 4.79 Å². The van der Waals surface area contributed by atoms with Gasteiger partial charge in [0.25, 0.3) is 5.91 Å². The van der Waals surface area contributed by atoms with Crippen LogP contribution in [0.3, 0.4) is 0 Å². The summed E-state index contributed by atoms with van der Waals surface area (Å²) in [5, 5.41) is 5.44. The van der Waals surface area contributed by atoms with E-state index in [2.05, 4.69) is 16.6 Å². The van der Waals surface area contributed by atoms with Crippen LogP contribution in [0.25, 0.3) is 0 Å². The topological polar surface area (TPSA) is 50.4 Å². The van der Waals surface area contributed by atoms with E-state index >= 15 is 0 Å². The monoisotopic (exact) mass is 264 g/mol. The Morgan fingerprint density at radius 3 is 2.89 bits per heavy atom. The SMILES string of the molecule is C#CCNC(=O)COc1ccc(C(C)NC)cc1F. The van der Waals surface area contributed by atoms with E-state index < -0.39 is 5.82 Å². The molecule has 1 atom stereocenters. The molecule has 0 spiro atoms. The summed E-state index contributed by atoms with van der Waals surface area (Å²) in [4.78, 5) is 11.2. The molecule has 1 aromatic carbocycles. The van der Waals surface area contributed by atoms with Gasteiger partial charge >= 0.3 is 0 Å². The van der Waals surface area contributed by atoms with E-state index in [-0.39, 0.29) is 30.9 Å². The van der Waals surface area contributed by atoms with E-state index in [9.17, 15) is 9.18 Å². The molecule has 0 radical (unpaired) electrons. The average molecular weight is 264 g/mol. The van der Waals surface area contributed by atoms with Crippen LogP contribution in [0.4, 0.5) is 4.39 Å². The lowest BCUT2D eigenvalue weighted by molar-refractivity contribution is -0.122. The van der Waals surface area contributed by atoms with Crippen LogP contribution in [0.5, 0.6) is 5.75 Å². The third-order valence-corrected chi connectivity index (χ3v) is 2.64. The minimum Gasteiger partial charge on any atom is -0.481 e. The quantitative estimate of drug-likeness (QED) is 0.760. The number of terminal acetylenes is 1. The Morgan fingerprint density at radius 1 is 1.58 bits per heavy atom. The van der Waals surface area contributed by atoms with E-state index in [4.69, 9.17) is 11.2 Å². The van der Waals surface area contributed by atoms with Gasteiger partial charge in [0, 0.05) is 6.04 Å². The third-order valence-electron chi connectivity index (χ3n) is 2.64. The summed E-state index contributed by atoms with van der Waals surface area (Å²) in [6.07, 6.45) is 4.99. The molecule has 1 rings (SSSR count). The minimum absolute atomic E-state index is 0.0440. The molecule has 1 aromatic rings. The highest BCUT2D eigenvalue weighted by molar-refractivity contribution is 5.77. The first-order chi connectivity index (χ1) is 9.08. The Bertz CT molecular complexity index is 483. The molecule has 4 nitrogen and oxygen atoms in total. The van der Waals surface area contributed by atoms with Gasteiger partial charge in [0.15, 0.2) is 18.2 Å². The highest BCUT2D eigenvalue weighted by Crippen LogP contribution is 2.21. The number of carbonyl (C=O) groups excluding carboxylic acids is 1. The van der Waals surface area contributed by atoms with Gasteiger partial charge < -0.3 is 15.4 Å². The summed E-state index contributed by atoms with van der Waals surface area (Å²) in [6.45, 7) is 1.78. The molecular weight excluding hydrogens is 247 g/mol. The first-order valence-corrected chi connectivity index (χ1v) is 5.88. The summed E-state index contributed by atoms with van der Waals surface area (Å²) in [7, 11) is 1.79. The van der Waals surface area contributed by atoms with Crippen LogP contribution < -0.4 is 15.4 Å². The Balaban J connectivity index is 2.60. The van der Waals surface area contributed by atoms with Crippen LogP contribution in [0.2, 0.25) is 0 Å². The molecule has 102 valence electrons. The molecule has 0 aliphatic rings. The van der Waals surface area contributed by atoms with Gasteiger partial charge in [-0.25, -0.2) is 4.39 Å². The van der Waals surface area contributed by atoms with Crippen LogP contribution >= 0.6 is 0 Å². The summed E-state index contributed by atoms with van der Waals surface area (Å²) in [5.74, 6) is 1.43. The summed E-state index contributed by atoms with van der Waals surface area (Å²) < 4.78 is 18.8. The van der Waals surface area contributed by atoms with E-state index in [1.54, 1.807) is 13.1 Å². The highest BCUT2D eigenvalue weighted by atomic mass is 19.1. The lowest BCUT2D eigenvalue weighted by atomic mass is 10.1. The van der Waals surface area contributed by atoms with Crippen LogP contribution in [-0.4, -0.2) is 26.1 Å². The third kappa shape index (κ3) is 4.60. The molecule has 0 aromatic heterocycles. The van der Waals surface area contributed by atoms with Crippen molar-refractivity contribution in [3.8, 4) is 18.1 Å². The maximum Gasteiger partial charge on any atom is 0.258 e. The van der Waals surface area contributed by atoms with Gasteiger partial charge in [-0.2, -0.15) is 0 Å². The van der Waals surface area contributed by atoms with Crippen molar-refractivity contribution in [2.45, 2.75) is 13.0 Å². The van der Waals surface area contributed by atoms with Crippen LogP contribution in [0.15, 0.2) is 18.2 Å². The molecule has 0 bridgehead atoms.